The van der Waals surface area contributed by atoms with Crippen LogP contribution in [-0.4, -0.2) is 64.4 Å². The van der Waals surface area contributed by atoms with E-state index in [4.69, 9.17) is 20.1 Å². The first-order chi connectivity index (χ1) is 17.5. The highest BCUT2D eigenvalue weighted by Crippen LogP contribution is 2.37. The molecule has 0 bridgehead atoms. The van der Waals surface area contributed by atoms with Crippen LogP contribution in [0.15, 0.2) is 60.7 Å². The number of nitrogens with zero attached hydrogens (tertiary/aromatic N) is 1. The molecule has 2 aromatic rings. The number of benzene rings is 2. The van der Waals surface area contributed by atoms with Gasteiger partial charge in [-0.3, -0.25) is 5.32 Å². The SMILES string of the molecule is CCC1(c2cccc(OC(=O)Nc3ccc(C(=O)O)cc3)c2)CCCCN(C)C1.O=C(O)C=CC(=O)O. The zero-order valence-corrected chi connectivity index (χ0v) is 20.8. The van der Waals surface area contributed by atoms with E-state index in [1.165, 1.54) is 42.7 Å². The number of carboxylic acids is 3. The molecule has 0 radical (unpaired) electrons. The van der Waals surface area contributed by atoms with Crippen LogP contribution in [0.5, 0.6) is 5.75 Å². The topological polar surface area (TPSA) is 153 Å². The lowest BCUT2D eigenvalue weighted by Crippen LogP contribution is -2.37. The van der Waals surface area contributed by atoms with Gasteiger partial charge in [0.25, 0.3) is 0 Å². The monoisotopic (exact) mass is 512 g/mol. The second kappa shape index (κ2) is 13.8. The third-order valence-corrected chi connectivity index (χ3v) is 6.10. The molecule has 198 valence electrons. The standard InChI is InChI=1S/C23H28N2O4.C4H4O4/c1-3-23(13-4-5-14-25(2)16-23)18-7-6-8-20(15-18)29-22(28)24-19-11-9-17(10-12-19)21(26)27;5-3(6)1-2-4(7)8/h6-12,15H,3-5,13-14,16H2,1-2H3,(H,24,28)(H,26,27);1-2H,(H,5,6)(H,7,8). The number of anilines is 1. The number of likely N-dealkylation sites (tertiary alicyclic amines) is 1. The number of rotatable bonds is 7. The van der Waals surface area contributed by atoms with E-state index in [0.29, 0.717) is 23.6 Å². The van der Waals surface area contributed by atoms with E-state index in [1.54, 1.807) is 6.07 Å². The van der Waals surface area contributed by atoms with Crippen LogP contribution in [0, 0.1) is 0 Å². The van der Waals surface area contributed by atoms with Crippen LogP contribution in [0.2, 0.25) is 0 Å². The summed E-state index contributed by atoms with van der Waals surface area (Å²) in [6.45, 7) is 4.33. The molecule has 1 aliphatic rings. The summed E-state index contributed by atoms with van der Waals surface area (Å²) in [7, 11) is 2.17. The first-order valence-electron chi connectivity index (χ1n) is 11.8. The van der Waals surface area contributed by atoms with Gasteiger partial charge in [0, 0.05) is 29.8 Å². The molecule has 4 N–H and O–H groups in total. The Morgan fingerprint density at radius 1 is 1.00 bits per heavy atom. The Balaban J connectivity index is 0.000000521. The van der Waals surface area contributed by atoms with Crippen molar-refractivity contribution in [3.05, 3.63) is 71.8 Å². The summed E-state index contributed by atoms with van der Waals surface area (Å²) in [4.78, 5) is 44.7. The average molecular weight is 513 g/mol. The van der Waals surface area contributed by atoms with E-state index >= 15 is 0 Å². The Hall–Kier alpha value is -4.18. The lowest BCUT2D eigenvalue weighted by molar-refractivity contribution is -0.134. The molecule has 1 amide bonds. The molecule has 1 unspecified atom stereocenters. The van der Waals surface area contributed by atoms with Crippen molar-refractivity contribution in [1.82, 2.24) is 4.90 Å². The van der Waals surface area contributed by atoms with Gasteiger partial charge in [0.15, 0.2) is 0 Å². The van der Waals surface area contributed by atoms with E-state index in [1.807, 2.05) is 12.1 Å². The van der Waals surface area contributed by atoms with Gasteiger partial charge in [0.1, 0.15) is 5.75 Å². The van der Waals surface area contributed by atoms with E-state index in [2.05, 4.69) is 30.3 Å². The predicted octanol–water partition coefficient (Wildman–Crippen LogP) is 4.47. The van der Waals surface area contributed by atoms with Crippen molar-refractivity contribution in [2.45, 2.75) is 38.0 Å². The normalized spacial score (nSPS) is 17.7. The van der Waals surface area contributed by atoms with Crippen molar-refractivity contribution in [2.75, 3.05) is 25.5 Å². The van der Waals surface area contributed by atoms with Gasteiger partial charge in [-0.2, -0.15) is 0 Å². The Bertz CT molecular complexity index is 1110. The number of nitrogens with one attached hydrogen (secondary N) is 1. The molecule has 10 heteroatoms. The molecule has 3 rings (SSSR count). The highest BCUT2D eigenvalue weighted by molar-refractivity contribution is 5.90. The molecule has 1 aliphatic heterocycles. The highest BCUT2D eigenvalue weighted by Gasteiger charge is 2.33. The lowest BCUT2D eigenvalue weighted by atomic mass is 9.74. The highest BCUT2D eigenvalue weighted by atomic mass is 16.6. The molecule has 0 spiro atoms. The minimum absolute atomic E-state index is 0.0633. The number of ether oxygens (including phenoxy) is 1. The minimum atomic E-state index is -1.26. The van der Waals surface area contributed by atoms with Crippen LogP contribution in [0.4, 0.5) is 10.5 Å². The number of hydrogen-bond donors (Lipinski definition) is 4. The molecule has 1 atom stereocenters. The van der Waals surface area contributed by atoms with Crippen molar-refractivity contribution in [1.29, 1.82) is 0 Å². The maximum atomic E-state index is 12.3. The third-order valence-electron chi connectivity index (χ3n) is 6.10. The summed E-state index contributed by atoms with van der Waals surface area (Å²) in [6.07, 6.45) is 5.06. The minimum Gasteiger partial charge on any atom is -0.478 e. The molecule has 37 heavy (non-hydrogen) atoms. The van der Waals surface area contributed by atoms with E-state index < -0.39 is 24.0 Å². The van der Waals surface area contributed by atoms with Crippen molar-refractivity contribution in [3.8, 4) is 5.75 Å². The average Bonchev–Trinajstić information content (AvgIpc) is 3.05. The molecular formula is C27H32N2O8. The summed E-state index contributed by atoms with van der Waals surface area (Å²) in [5, 5.41) is 27.2. The zero-order chi connectivity index (χ0) is 27.4. The van der Waals surface area contributed by atoms with Crippen LogP contribution in [0.25, 0.3) is 0 Å². The first kappa shape index (κ1) is 29.1. The maximum Gasteiger partial charge on any atom is 0.417 e. The lowest BCUT2D eigenvalue weighted by Gasteiger charge is -2.35. The van der Waals surface area contributed by atoms with Crippen LogP contribution < -0.4 is 10.1 Å². The van der Waals surface area contributed by atoms with Gasteiger partial charge in [-0.15, -0.1) is 0 Å². The van der Waals surface area contributed by atoms with Crippen molar-refractivity contribution in [2.24, 2.45) is 0 Å². The summed E-state index contributed by atoms with van der Waals surface area (Å²) in [5.74, 6) is -3.02. The number of carboxylic acid groups (broad SMARTS) is 3. The van der Waals surface area contributed by atoms with Crippen LogP contribution in [0.3, 0.4) is 0 Å². The van der Waals surface area contributed by atoms with Gasteiger partial charge in [-0.1, -0.05) is 25.5 Å². The molecule has 1 heterocycles. The fourth-order valence-corrected chi connectivity index (χ4v) is 4.23. The second-order valence-electron chi connectivity index (χ2n) is 8.76. The van der Waals surface area contributed by atoms with Gasteiger partial charge >= 0.3 is 24.0 Å². The molecule has 0 aliphatic carbocycles. The molecule has 2 aromatic carbocycles. The van der Waals surface area contributed by atoms with Crippen LogP contribution in [-0.2, 0) is 15.0 Å². The Labute approximate surface area is 215 Å². The number of likely N-dealkylation sites (N-methyl/N-ethyl adjacent to an activating group) is 1. The number of carbonyl (C=O) groups is 4. The smallest absolute Gasteiger partial charge is 0.417 e. The Morgan fingerprint density at radius 3 is 2.22 bits per heavy atom. The molecule has 10 nitrogen and oxygen atoms in total. The number of aromatic carboxylic acids is 1. The summed E-state index contributed by atoms with van der Waals surface area (Å²) < 4.78 is 5.50. The molecule has 0 saturated carbocycles. The van der Waals surface area contributed by atoms with E-state index in [-0.39, 0.29) is 11.0 Å². The number of aliphatic carboxylic acids is 2. The van der Waals surface area contributed by atoms with Gasteiger partial charge in [-0.25, -0.2) is 19.2 Å². The fraction of sp³-hybridized carbons (Fsp3) is 0.333. The number of hydrogen-bond acceptors (Lipinski definition) is 6. The van der Waals surface area contributed by atoms with Gasteiger partial charge < -0.3 is 25.0 Å². The fourth-order valence-electron chi connectivity index (χ4n) is 4.23. The summed E-state index contributed by atoms with van der Waals surface area (Å²) in [6, 6.07) is 13.7. The zero-order valence-electron chi connectivity index (χ0n) is 20.8. The number of amides is 1. The second-order valence-corrected chi connectivity index (χ2v) is 8.76. The molecule has 0 aromatic heterocycles. The van der Waals surface area contributed by atoms with Gasteiger partial charge in [0.05, 0.1) is 5.56 Å². The first-order valence-corrected chi connectivity index (χ1v) is 11.8. The van der Waals surface area contributed by atoms with Crippen LogP contribution >= 0.6 is 0 Å². The van der Waals surface area contributed by atoms with Crippen molar-refractivity contribution in [3.63, 3.8) is 0 Å². The van der Waals surface area contributed by atoms with E-state index in [0.717, 1.165) is 25.9 Å². The molecule has 1 fully saturated rings. The summed E-state index contributed by atoms with van der Waals surface area (Å²) >= 11 is 0. The molecule has 1 saturated heterocycles. The third kappa shape index (κ3) is 9.42. The quantitative estimate of drug-likeness (QED) is 0.393. The van der Waals surface area contributed by atoms with Crippen molar-refractivity contribution >= 4 is 29.7 Å². The predicted molar refractivity (Wildman–Crippen MR) is 137 cm³/mol. The molecular weight excluding hydrogens is 480 g/mol. The Kier molecular flexibility index (Phi) is 10.8. The Morgan fingerprint density at radius 2 is 1.65 bits per heavy atom. The number of carbonyl (C=O) groups excluding carboxylic acids is 1. The van der Waals surface area contributed by atoms with Crippen LogP contribution in [0.1, 0.15) is 48.5 Å². The van der Waals surface area contributed by atoms with Crippen molar-refractivity contribution < 1.29 is 39.2 Å². The largest absolute Gasteiger partial charge is 0.478 e. The van der Waals surface area contributed by atoms with Gasteiger partial charge in [-0.05, 0) is 74.8 Å². The maximum absolute atomic E-state index is 12.3. The van der Waals surface area contributed by atoms with E-state index in [9.17, 15) is 19.2 Å². The van der Waals surface area contributed by atoms with Gasteiger partial charge in [0.2, 0.25) is 0 Å². The summed E-state index contributed by atoms with van der Waals surface area (Å²) in [5.41, 5.74) is 1.90.